The summed E-state index contributed by atoms with van der Waals surface area (Å²) < 4.78 is 18.3. The van der Waals surface area contributed by atoms with Crippen LogP contribution in [0.15, 0.2) is 48.5 Å². The normalized spacial score (nSPS) is 10.6. The number of hydrogen-bond acceptors (Lipinski definition) is 5. The van der Waals surface area contributed by atoms with E-state index in [1.807, 2.05) is 31.2 Å². The minimum atomic E-state index is -0.592. The Bertz CT molecular complexity index is 1030. The molecule has 5 nitrogen and oxygen atoms in total. The van der Waals surface area contributed by atoms with E-state index in [4.69, 9.17) is 4.74 Å². The Hall–Kier alpha value is -3.06. The maximum Gasteiger partial charge on any atom is 0.350 e. The summed E-state index contributed by atoms with van der Waals surface area (Å²) in [5.74, 6) is -1.22. The maximum atomic E-state index is 13.1. The minimum Gasteiger partial charge on any atom is -0.451 e. The average Bonchev–Trinajstić information content (AvgIpc) is 3.09. The first-order chi connectivity index (χ1) is 13.8. The number of esters is 1. The number of carbonyl (C=O) groups is 2. The summed E-state index contributed by atoms with van der Waals surface area (Å²) >= 11 is 1.16. The zero-order chi connectivity index (χ0) is 21.0. The molecule has 150 valence electrons. The van der Waals surface area contributed by atoms with Crippen molar-refractivity contribution in [3.8, 4) is 10.6 Å². The third-order valence-electron chi connectivity index (χ3n) is 4.49. The summed E-state index contributed by atoms with van der Waals surface area (Å²) in [6.45, 7) is 3.78. The lowest BCUT2D eigenvalue weighted by Gasteiger charge is -2.18. The van der Waals surface area contributed by atoms with E-state index in [0.29, 0.717) is 27.7 Å². The van der Waals surface area contributed by atoms with E-state index in [2.05, 4.69) is 4.98 Å². The molecule has 3 aromatic rings. The summed E-state index contributed by atoms with van der Waals surface area (Å²) in [5.41, 5.74) is 3.36. The second kappa shape index (κ2) is 8.96. The van der Waals surface area contributed by atoms with Gasteiger partial charge in [-0.3, -0.25) is 4.79 Å². The highest BCUT2D eigenvalue weighted by Crippen LogP contribution is 2.28. The van der Waals surface area contributed by atoms with Crippen molar-refractivity contribution in [2.75, 3.05) is 13.7 Å². The highest BCUT2D eigenvalue weighted by atomic mass is 32.1. The van der Waals surface area contributed by atoms with Gasteiger partial charge in [-0.25, -0.2) is 14.2 Å². The molecule has 1 amide bonds. The molecular weight excluding hydrogens is 391 g/mol. The van der Waals surface area contributed by atoms with Gasteiger partial charge in [0.15, 0.2) is 6.61 Å². The van der Waals surface area contributed by atoms with Gasteiger partial charge in [0.1, 0.15) is 15.7 Å². The van der Waals surface area contributed by atoms with Crippen molar-refractivity contribution in [2.24, 2.45) is 0 Å². The Labute approximate surface area is 172 Å². The smallest absolute Gasteiger partial charge is 0.350 e. The predicted molar refractivity (Wildman–Crippen MR) is 110 cm³/mol. The van der Waals surface area contributed by atoms with Crippen molar-refractivity contribution in [1.82, 2.24) is 9.88 Å². The van der Waals surface area contributed by atoms with E-state index in [9.17, 15) is 14.0 Å². The molecule has 0 spiro atoms. The fourth-order valence-corrected chi connectivity index (χ4v) is 3.70. The van der Waals surface area contributed by atoms with E-state index in [-0.39, 0.29) is 18.3 Å². The Morgan fingerprint density at radius 2 is 1.79 bits per heavy atom. The van der Waals surface area contributed by atoms with Gasteiger partial charge in [0.05, 0.1) is 5.69 Å². The molecule has 29 heavy (non-hydrogen) atoms. The van der Waals surface area contributed by atoms with Crippen LogP contribution < -0.4 is 0 Å². The number of benzene rings is 2. The average molecular weight is 412 g/mol. The van der Waals surface area contributed by atoms with Gasteiger partial charge in [-0.1, -0.05) is 24.3 Å². The van der Waals surface area contributed by atoms with Gasteiger partial charge in [-0.05, 0) is 49.2 Å². The Balaban J connectivity index is 1.61. The zero-order valence-corrected chi connectivity index (χ0v) is 17.3. The van der Waals surface area contributed by atoms with Crippen LogP contribution in [0, 0.1) is 19.7 Å². The topological polar surface area (TPSA) is 59.5 Å². The molecular formula is C22H21FN2O3S. The third-order valence-corrected chi connectivity index (χ3v) is 5.68. The van der Waals surface area contributed by atoms with Crippen LogP contribution in [0.1, 0.15) is 26.5 Å². The fourth-order valence-electron chi connectivity index (χ4n) is 2.74. The number of hydrogen-bond donors (Lipinski definition) is 0. The van der Waals surface area contributed by atoms with Crippen LogP contribution in [0.3, 0.4) is 0 Å². The molecule has 3 rings (SSSR count). The van der Waals surface area contributed by atoms with E-state index >= 15 is 0 Å². The number of thiazole rings is 1. The van der Waals surface area contributed by atoms with Crippen LogP contribution in [0.5, 0.6) is 0 Å². The first kappa shape index (κ1) is 20.7. The SMILES string of the molecule is Cc1ccccc1CN(C)C(=O)COC(=O)c1sc(-c2ccc(F)cc2)nc1C. The van der Waals surface area contributed by atoms with Crippen molar-refractivity contribution in [1.29, 1.82) is 0 Å². The van der Waals surface area contributed by atoms with Crippen molar-refractivity contribution >= 4 is 23.2 Å². The second-order valence-corrected chi connectivity index (χ2v) is 7.69. The molecule has 0 radical (unpaired) electrons. The largest absolute Gasteiger partial charge is 0.451 e. The number of aromatic nitrogens is 1. The number of nitrogens with zero attached hydrogens (tertiary/aromatic N) is 2. The van der Waals surface area contributed by atoms with Gasteiger partial charge >= 0.3 is 5.97 Å². The second-order valence-electron chi connectivity index (χ2n) is 6.69. The van der Waals surface area contributed by atoms with Crippen molar-refractivity contribution < 1.29 is 18.7 Å². The maximum absolute atomic E-state index is 13.1. The van der Waals surface area contributed by atoms with Crippen LogP contribution in [0.25, 0.3) is 10.6 Å². The molecule has 0 unspecified atom stereocenters. The minimum absolute atomic E-state index is 0.289. The Morgan fingerprint density at radius 3 is 2.48 bits per heavy atom. The molecule has 2 aromatic carbocycles. The van der Waals surface area contributed by atoms with Crippen molar-refractivity contribution in [2.45, 2.75) is 20.4 Å². The molecule has 0 saturated carbocycles. The summed E-state index contributed by atoms with van der Waals surface area (Å²) in [6.07, 6.45) is 0. The molecule has 7 heteroatoms. The number of carbonyl (C=O) groups excluding carboxylic acids is 2. The van der Waals surface area contributed by atoms with Crippen LogP contribution in [0.4, 0.5) is 4.39 Å². The molecule has 0 aliphatic heterocycles. The molecule has 1 heterocycles. The molecule has 0 aliphatic carbocycles. The molecule has 0 aliphatic rings. The highest BCUT2D eigenvalue weighted by molar-refractivity contribution is 7.17. The van der Waals surface area contributed by atoms with Crippen LogP contribution in [-0.4, -0.2) is 35.4 Å². The first-order valence-corrected chi connectivity index (χ1v) is 9.85. The van der Waals surface area contributed by atoms with E-state index in [1.54, 1.807) is 26.1 Å². The lowest BCUT2D eigenvalue weighted by Crippen LogP contribution is -2.31. The summed E-state index contributed by atoms with van der Waals surface area (Å²) in [4.78, 5) is 31.0. The molecule has 0 saturated heterocycles. The standard InChI is InChI=1S/C22H21FN2O3S/c1-14-6-4-5-7-17(14)12-25(3)19(26)13-28-22(27)20-15(2)24-21(29-20)16-8-10-18(23)11-9-16/h4-11H,12-13H2,1-3H3. The number of rotatable bonds is 6. The van der Waals surface area contributed by atoms with Crippen LogP contribution in [-0.2, 0) is 16.1 Å². The van der Waals surface area contributed by atoms with E-state index in [1.165, 1.54) is 17.0 Å². The molecule has 1 aromatic heterocycles. The van der Waals surface area contributed by atoms with Gasteiger partial charge in [0, 0.05) is 19.2 Å². The number of aryl methyl sites for hydroxylation is 2. The number of amides is 1. The van der Waals surface area contributed by atoms with Crippen LogP contribution >= 0.6 is 11.3 Å². The molecule has 0 fully saturated rings. The molecule has 0 atom stereocenters. The third kappa shape index (κ3) is 5.06. The van der Waals surface area contributed by atoms with Crippen LogP contribution in [0.2, 0.25) is 0 Å². The number of likely N-dealkylation sites (N-methyl/N-ethyl adjacent to an activating group) is 1. The first-order valence-electron chi connectivity index (χ1n) is 9.04. The fraction of sp³-hybridized carbons (Fsp3) is 0.227. The Kier molecular flexibility index (Phi) is 6.39. The van der Waals surface area contributed by atoms with Gasteiger partial charge < -0.3 is 9.64 Å². The van der Waals surface area contributed by atoms with Gasteiger partial charge in [0.25, 0.3) is 5.91 Å². The van der Waals surface area contributed by atoms with Gasteiger partial charge in [-0.15, -0.1) is 11.3 Å². The van der Waals surface area contributed by atoms with Gasteiger partial charge in [0.2, 0.25) is 0 Å². The zero-order valence-electron chi connectivity index (χ0n) is 16.4. The lowest BCUT2D eigenvalue weighted by molar-refractivity contribution is -0.133. The Morgan fingerprint density at radius 1 is 1.10 bits per heavy atom. The quantitative estimate of drug-likeness (QED) is 0.564. The summed E-state index contributed by atoms with van der Waals surface area (Å²) in [5, 5.41) is 0.595. The van der Waals surface area contributed by atoms with Gasteiger partial charge in [-0.2, -0.15) is 0 Å². The lowest BCUT2D eigenvalue weighted by atomic mass is 10.1. The van der Waals surface area contributed by atoms with E-state index < -0.39 is 5.97 Å². The number of halogens is 1. The highest BCUT2D eigenvalue weighted by Gasteiger charge is 2.20. The molecule has 0 N–H and O–H groups in total. The van der Waals surface area contributed by atoms with Crippen molar-refractivity contribution in [3.63, 3.8) is 0 Å². The van der Waals surface area contributed by atoms with Crippen molar-refractivity contribution in [3.05, 3.63) is 76.0 Å². The summed E-state index contributed by atoms with van der Waals surface area (Å²) in [6, 6.07) is 13.7. The monoisotopic (exact) mass is 412 g/mol. The van der Waals surface area contributed by atoms with E-state index in [0.717, 1.165) is 22.5 Å². The number of ether oxygens (including phenoxy) is 1. The summed E-state index contributed by atoms with van der Waals surface area (Å²) in [7, 11) is 1.67. The molecule has 0 bridgehead atoms. The predicted octanol–water partition coefficient (Wildman–Crippen LogP) is 4.38.